The number of hydrogen-bond donors (Lipinski definition) is 1. The molecule has 0 saturated carbocycles. The van der Waals surface area contributed by atoms with Crippen molar-refractivity contribution in [3.8, 4) is 0 Å². The van der Waals surface area contributed by atoms with Crippen LogP contribution in [0.2, 0.25) is 0 Å². The number of nitrogen functional groups attached to an aromatic ring is 1. The number of carbonyl (C=O) groups excluding carboxylic acids is 2. The molecule has 1 aliphatic rings. The lowest BCUT2D eigenvalue weighted by molar-refractivity contribution is -0.153. The van der Waals surface area contributed by atoms with Gasteiger partial charge in [0.2, 0.25) is 11.1 Å². The monoisotopic (exact) mass is 415 g/mol. The number of benzene rings is 1. The van der Waals surface area contributed by atoms with Crippen molar-refractivity contribution in [1.82, 2.24) is 19.8 Å². The molecule has 0 radical (unpaired) electrons. The van der Waals surface area contributed by atoms with Crippen molar-refractivity contribution < 1.29 is 27.5 Å². The number of esters is 1. The van der Waals surface area contributed by atoms with E-state index < -0.39 is 29.9 Å². The van der Waals surface area contributed by atoms with E-state index in [9.17, 15) is 22.8 Å². The number of ether oxygens (including phenoxy) is 1. The first-order chi connectivity index (χ1) is 13.2. The number of fused-ring (bicyclic) bond motifs is 1. The molecule has 8 nitrogen and oxygen atoms in total. The van der Waals surface area contributed by atoms with Crippen LogP contribution in [0.25, 0.3) is 0 Å². The number of amides is 1. The molecule has 2 aromatic rings. The molecule has 1 aliphatic heterocycles. The van der Waals surface area contributed by atoms with E-state index >= 15 is 0 Å². The van der Waals surface area contributed by atoms with E-state index in [-0.39, 0.29) is 17.5 Å². The van der Waals surface area contributed by atoms with Crippen LogP contribution < -0.4 is 5.84 Å². The zero-order valence-electron chi connectivity index (χ0n) is 14.6. The summed E-state index contributed by atoms with van der Waals surface area (Å²) in [5, 5.41) is 6.12. The van der Waals surface area contributed by atoms with Gasteiger partial charge in [-0.25, -0.2) is 9.47 Å². The normalized spacial score (nSPS) is 16.6. The Morgan fingerprint density at radius 2 is 1.96 bits per heavy atom. The highest BCUT2D eigenvalue weighted by Crippen LogP contribution is 2.30. The minimum Gasteiger partial charge on any atom is -0.467 e. The average molecular weight is 415 g/mol. The van der Waals surface area contributed by atoms with Crippen molar-refractivity contribution in [1.29, 1.82) is 0 Å². The maximum atomic E-state index is 12.7. The van der Waals surface area contributed by atoms with Gasteiger partial charge in [0.25, 0.3) is 5.82 Å². The van der Waals surface area contributed by atoms with Crippen LogP contribution in [0.4, 0.5) is 13.2 Å². The van der Waals surface area contributed by atoms with Crippen molar-refractivity contribution in [2.75, 3.05) is 18.7 Å². The Hall–Kier alpha value is -2.76. The quantitative estimate of drug-likeness (QED) is 0.455. The molecule has 2 heterocycles. The summed E-state index contributed by atoms with van der Waals surface area (Å²) in [6.07, 6.45) is -4.46. The lowest BCUT2D eigenvalue weighted by Crippen LogP contribution is -2.49. The molecule has 0 saturated heterocycles. The Balaban J connectivity index is 1.75. The summed E-state index contributed by atoms with van der Waals surface area (Å²) < 4.78 is 43.3. The summed E-state index contributed by atoms with van der Waals surface area (Å²) in [6.45, 7) is 0.193. The van der Waals surface area contributed by atoms with Gasteiger partial charge in [-0.05, 0) is 11.1 Å². The smallest absolute Gasteiger partial charge is 0.453 e. The largest absolute Gasteiger partial charge is 0.467 e. The summed E-state index contributed by atoms with van der Waals surface area (Å²) in [5.74, 6) is 2.73. The second kappa shape index (κ2) is 7.70. The van der Waals surface area contributed by atoms with E-state index in [1.54, 1.807) is 0 Å². The first-order valence-corrected chi connectivity index (χ1v) is 9.05. The molecule has 1 atom stereocenters. The van der Waals surface area contributed by atoms with E-state index in [1.165, 1.54) is 12.0 Å². The van der Waals surface area contributed by atoms with Crippen LogP contribution >= 0.6 is 11.8 Å². The molecule has 0 bridgehead atoms. The third kappa shape index (κ3) is 3.91. The van der Waals surface area contributed by atoms with Crippen molar-refractivity contribution in [3.05, 3.63) is 41.2 Å². The van der Waals surface area contributed by atoms with Crippen LogP contribution in [0.15, 0.2) is 29.4 Å². The van der Waals surface area contributed by atoms with Crippen LogP contribution in [0.5, 0.6) is 0 Å². The first-order valence-electron chi connectivity index (χ1n) is 8.07. The van der Waals surface area contributed by atoms with E-state index in [2.05, 4.69) is 10.2 Å². The summed E-state index contributed by atoms with van der Waals surface area (Å²) in [7, 11) is 1.23. The van der Waals surface area contributed by atoms with Gasteiger partial charge in [-0.1, -0.05) is 36.0 Å². The number of hydrogen-bond acceptors (Lipinski definition) is 7. The number of nitrogens with zero attached hydrogens (tertiary/aromatic N) is 4. The highest BCUT2D eigenvalue weighted by molar-refractivity contribution is 7.99. The second-order valence-corrected chi connectivity index (χ2v) is 6.94. The lowest BCUT2D eigenvalue weighted by atomic mass is 9.94. The lowest BCUT2D eigenvalue weighted by Gasteiger charge is -2.35. The Morgan fingerprint density at radius 3 is 2.57 bits per heavy atom. The molecule has 28 heavy (non-hydrogen) atoms. The zero-order valence-corrected chi connectivity index (χ0v) is 15.5. The van der Waals surface area contributed by atoms with Crippen molar-refractivity contribution in [2.24, 2.45) is 0 Å². The molecule has 12 heteroatoms. The maximum absolute atomic E-state index is 12.7. The summed E-state index contributed by atoms with van der Waals surface area (Å²) in [6, 6.07) is 6.58. The van der Waals surface area contributed by atoms with E-state index in [1.807, 2.05) is 24.3 Å². The molecule has 2 N–H and O–H groups in total. The fourth-order valence-electron chi connectivity index (χ4n) is 2.91. The number of thioether (sulfide) groups is 1. The van der Waals surface area contributed by atoms with E-state index in [0.717, 1.165) is 11.1 Å². The predicted molar refractivity (Wildman–Crippen MR) is 92.4 cm³/mol. The van der Waals surface area contributed by atoms with Crippen molar-refractivity contribution >= 4 is 23.6 Å². The van der Waals surface area contributed by atoms with Gasteiger partial charge in [0.05, 0.1) is 12.9 Å². The Morgan fingerprint density at radius 1 is 1.29 bits per heavy atom. The second-order valence-electron chi connectivity index (χ2n) is 6.00. The molecule has 1 aromatic heterocycles. The van der Waals surface area contributed by atoms with Crippen LogP contribution in [0.1, 0.15) is 17.0 Å². The Bertz CT molecular complexity index is 902. The SMILES string of the molecule is COC(=O)[C@@H]1Cc2ccccc2CN1C(=O)CSc1nnc(C(F)(F)F)n1N. The topological polar surface area (TPSA) is 103 Å². The zero-order chi connectivity index (χ0) is 20.5. The molecule has 150 valence electrons. The fraction of sp³-hybridized carbons (Fsp3) is 0.375. The van der Waals surface area contributed by atoms with Gasteiger partial charge in [-0.2, -0.15) is 13.2 Å². The van der Waals surface area contributed by atoms with Gasteiger partial charge in [0.15, 0.2) is 0 Å². The van der Waals surface area contributed by atoms with Crippen LogP contribution in [0, 0.1) is 0 Å². The van der Waals surface area contributed by atoms with Gasteiger partial charge in [-0.15, -0.1) is 10.2 Å². The fourth-order valence-corrected chi connectivity index (χ4v) is 3.65. The molecule has 0 spiro atoms. The van der Waals surface area contributed by atoms with Gasteiger partial charge in [-0.3, -0.25) is 4.79 Å². The highest BCUT2D eigenvalue weighted by atomic mass is 32.2. The number of nitrogens with two attached hydrogens (primary N) is 1. The van der Waals surface area contributed by atoms with Gasteiger partial charge < -0.3 is 15.5 Å². The summed E-state index contributed by atoms with van der Waals surface area (Å²) in [5.41, 5.74) is 1.83. The summed E-state index contributed by atoms with van der Waals surface area (Å²) >= 11 is 0.709. The predicted octanol–water partition coefficient (Wildman–Crippen LogP) is 1.23. The molecular formula is C16H16F3N5O3S. The number of carbonyl (C=O) groups is 2. The highest BCUT2D eigenvalue weighted by Gasteiger charge is 2.39. The van der Waals surface area contributed by atoms with Gasteiger partial charge >= 0.3 is 12.1 Å². The van der Waals surface area contributed by atoms with Crippen molar-refractivity contribution in [2.45, 2.75) is 30.3 Å². The van der Waals surface area contributed by atoms with Gasteiger partial charge in [0, 0.05) is 13.0 Å². The van der Waals surface area contributed by atoms with E-state index in [4.69, 9.17) is 10.6 Å². The summed E-state index contributed by atoms with van der Waals surface area (Å²) in [4.78, 5) is 26.2. The first kappa shape index (κ1) is 20.0. The number of methoxy groups -OCH3 is 1. The van der Waals surface area contributed by atoms with Gasteiger partial charge in [0.1, 0.15) is 6.04 Å². The average Bonchev–Trinajstić information content (AvgIpc) is 3.05. The molecule has 3 rings (SSSR count). The van der Waals surface area contributed by atoms with E-state index in [0.29, 0.717) is 22.9 Å². The maximum Gasteiger partial charge on any atom is 0.453 e. The Labute approximate surface area is 161 Å². The molecule has 1 aromatic carbocycles. The third-order valence-corrected chi connectivity index (χ3v) is 5.21. The van der Waals surface area contributed by atoms with Crippen LogP contribution in [0.3, 0.4) is 0 Å². The molecule has 0 aliphatic carbocycles. The molecular weight excluding hydrogens is 399 g/mol. The molecule has 1 amide bonds. The number of aromatic nitrogens is 3. The van der Waals surface area contributed by atoms with Crippen LogP contribution in [-0.4, -0.2) is 50.6 Å². The third-order valence-electron chi connectivity index (χ3n) is 4.28. The standard InChI is InChI=1S/C16H16F3N5O3S/c1-27-13(26)11-6-9-4-2-3-5-10(9)7-23(11)12(25)8-28-15-22-21-14(24(15)20)16(17,18)19/h2-5,11H,6-8,20H2,1H3/t11-/m0/s1. The number of rotatable bonds is 4. The minimum absolute atomic E-state index is 0.193. The number of halogens is 3. The molecule has 0 fully saturated rings. The molecule has 0 unspecified atom stereocenters. The van der Waals surface area contributed by atoms with Crippen LogP contribution in [-0.2, 0) is 33.5 Å². The minimum atomic E-state index is -4.75. The number of alkyl halides is 3. The van der Waals surface area contributed by atoms with Crippen molar-refractivity contribution in [3.63, 3.8) is 0 Å². The Kier molecular flexibility index (Phi) is 5.49.